The average molecular weight is 472 g/mol. The molecule has 0 bridgehead atoms. The molecule has 0 spiro atoms. The van der Waals surface area contributed by atoms with Gasteiger partial charge in [-0.2, -0.15) is 0 Å². The van der Waals surface area contributed by atoms with E-state index in [9.17, 15) is 0 Å². The van der Waals surface area contributed by atoms with Crippen LogP contribution < -0.4 is 10.2 Å². The normalized spacial score (nSPS) is 24.2. The lowest BCUT2D eigenvalue weighted by molar-refractivity contribution is 0.294. The maximum absolute atomic E-state index is 4.97. The molecule has 0 radical (unpaired) electrons. The van der Waals surface area contributed by atoms with Gasteiger partial charge in [0.05, 0.1) is 0 Å². The third kappa shape index (κ3) is 5.96. The van der Waals surface area contributed by atoms with Crippen molar-refractivity contribution in [3.63, 3.8) is 0 Å². The monoisotopic (exact) mass is 472 g/mol. The third-order valence-corrected chi connectivity index (χ3v) is 5.38. The van der Waals surface area contributed by atoms with Crippen molar-refractivity contribution in [2.45, 2.75) is 39.5 Å². The smallest absolute Gasteiger partial charge is 0.225 e. The van der Waals surface area contributed by atoms with Gasteiger partial charge in [-0.3, -0.25) is 4.99 Å². The van der Waals surface area contributed by atoms with Crippen LogP contribution in [0.1, 0.15) is 39.5 Å². The summed E-state index contributed by atoms with van der Waals surface area (Å²) in [6.45, 7) is 10.2. The standard InChI is InChI=1S/C19H32N6.HI/c1-3-20-18(23-15-17-7-5-16(2)6-8-17)24-11-13-25(14-12-24)19-21-9-4-10-22-19;/h4,9-10,16-17H,3,5-8,11-15H2,1-2H3,(H,20,23);1H. The average Bonchev–Trinajstić information content (AvgIpc) is 2.67. The van der Waals surface area contributed by atoms with Crippen molar-refractivity contribution in [3.05, 3.63) is 18.5 Å². The Balaban J connectivity index is 0.00000243. The van der Waals surface area contributed by atoms with Crippen molar-refractivity contribution in [1.29, 1.82) is 0 Å². The molecule has 0 aromatic carbocycles. The summed E-state index contributed by atoms with van der Waals surface area (Å²) in [5, 5.41) is 3.48. The van der Waals surface area contributed by atoms with Gasteiger partial charge >= 0.3 is 0 Å². The molecule has 1 saturated carbocycles. The Morgan fingerprint density at radius 2 is 1.77 bits per heavy atom. The number of nitrogens with zero attached hydrogens (tertiary/aromatic N) is 5. The van der Waals surface area contributed by atoms with Crippen molar-refractivity contribution in [3.8, 4) is 0 Å². The van der Waals surface area contributed by atoms with Gasteiger partial charge in [0.1, 0.15) is 0 Å². The van der Waals surface area contributed by atoms with Crippen LogP contribution in [0.3, 0.4) is 0 Å². The topological polar surface area (TPSA) is 56.7 Å². The van der Waals surface area contributed by atoms with Crippen LogP contribution in [0, 0.1) is 11.8 Å². The zero-order valence-electron chi connectivity index (χ0n) is 16.1. The summed E-state index contributed by atoms with van der Waals surface area (Å²) in [7, 11) is 0. The van der Waals surface area contributed by atoms with E-state index < -0.39 is 0 Å². The Hall–Kier alpha value is -1.12. The maximum atomic E-state index is 4.97. The number of aromatic nitrogens is 2. The van der Waals surface area contributed by atoms with Crippen LogP contribution in [0.5, 0.6) is 0 Å². The number of anilines is 1. The first-order valence-corrected chi connectivity index (χ1v) is 9.81. The molecule has 3 rings (SSSR count). The maximum Gasteiger partial charge on any atom is 0.225 e. The molecule has 26 heavy (non-hydrogen) atoms. The molecule has 146 valence electrons. The molecule has 0 unspecified atom stereocenters. The Bertz CT molecular complexity index is 536. The van der Waals surface area contributed by atoms with Crippen LogP contribution in [-0.2, 0) is 0 Å². The number of aliphatic imine (C=N–C) groups is 1. The summed E-state index contributed by atoms with van der Waals surface area (Å²) in [5.41, 5.74) is 0. The lowest BCUT2D eigenvalue weighted by Gasteiger charge is -2.36. The Morgan fingerprint density at radius 3 is 2.38 bits per heavy atom. The molecule has 0 atom stereocenters. The molecule has 2 fully saturated rings. The molecule has 1 saturated heterocycles. The first-order valence-electron chi connectivity index (χ1n) is 9.81. The number of nitrogens with one attached hydrogen (secondary N) is 1. The molecule has 1 aromatic heterocycles. The quantitative estimate of drug-likeness (QED) is 0.415. The third-order valence-electron chi connectivity index (χ3n) is 5.38. The molecule has 2 heterocycles. The van der Waals surface area contributed by atoms with Crippen LogP contribution in [0.25, 0.3) is 0 Å². The summed E-state index contributed by atoms with van der Waals surface area (Å²) < 4.78 is 0. The van der Waals surface area contributed by atoms with Crippen LogP contribution >= 0.6 is 24.0 Å². The molecular weight excluding hydrogens is 439 g/mol. The number of guanidine groups is 1. The molecule has 2 aliphatic rings. The second kappa shape index (κ2) is 10.9. The lowest BCUT2D eigenvalue weighted by Crippen LogP contribution is -2.53. The fourth-order valence-corrected chi connectivity index (χ4v) is 3.73. The zero-order chi connectivity index (χ0) is 17.5. The van der Waals surface area contributed by atoms with Gasteiger partial charge in [-0.05, 0) is 37.7 Å². The van der Waals surface area contributed by atoms with Gasteiger partial charge in [-0.25, -0.2) is 9.97 Å². The number of rotatable bonds is 4. The summed E-state index contributed by atoms with van der Waals surface area (Å²) in [6, 6.07) is 1.86. The number of hydrogen-bond acceptors (Lipinski definition) is 4. The largest absolute Gasteiger partial charge is 0.357 e. The van der Waals surface area contributed by atoms with E-state index in [0.717, 1.165) is 63.0 Å². The van der Waals surface area contributed by atoms with E-state index in [-0.39, 0.29) is 24.0 Å². The van der Waals surface area contributed by atoms with Gasteiger partial charge in [0.15, 0.2) is 5.96 Å². The zero-order valence-corrected chi connectivity index (χ0v) is 18.4. The minimum Gasteiger partial charge on any atom is -0.357 e. The van der Waals surface area contributed by atoms with Gasteiger partial charge in [-0.15, -0.1) is 24.0 Å². The molecule has 7 heteroatoms. The van der Waals surface area contributed by atoms with Crippen molar-refractivity contribution in [2.24, 2.45) is 16.8 Å². The molecule has 0 amide bonds. The van der Waals surface area contributed by atoms with Gasteiger partial charge < -0.3 is 15.1 Å². The highest BCUT2D eigenvalue weighted by atomic mass is 127. The minimum atomic E-state index is 0. The first-order chi connectivity index (χ1) is 12.3. The predicted molar refractivity (Wildman–Crippen MR) is 118 cm³/mol. The van der Waals surface area contributed by atoms with Crippen LogP contribution in [0.4, 0.5) is 5.95 Å². The Morgan fingerprint density at radius 1 is 1.12 bits per heavy atom. The molecule has 1 aromatic rings. The Kier molecular flexibility index (Phi) is 8.87. The summed E-state index contributed by atoms with van der Waals surface area (Å²) in [5.74, 6) is 3.58. The van der Waals surface area contributed by atoms with E-state index in [1.165, 1.54) is 25.7 Å². The van der Waals surface area contributed by atoms with Crippen LogP contribution in [-0.4, -0.2) is 60.1 Å². The van der Waals surface area contributed by atoms with Gasteiger partial charge in [0.25, 0.3) is 0 Å². The van der Waals surface area contributed by atoms with Gasteiger partial charge in [-0.1, -0.05) is 19.8 Å². The highest BCUT2D eigenvalue weighted by Gasteiger charge is 2.22. The van der Waals surface area contributed by atoms with E-state index in [2.05, 4.69) is 38.9 Å². The van der Waals surface area contributed by atoms with E-state index in [4.69, 9.17) is 4.99 Å². The fourth-order valence-electron chi connectivity index (χ4n) is 3.73. The molecule has 6 nitrogen and oxygen atoms in total. The molecule has 1 N–H and O–H groups in total. The van der Waals surface area contributed by atoms with Gasteiger partial charge in [0, 0.05) is 51.7 Å². The van der Waals surface area contributed by atoms with Crippen LogP contribution in [0.15, 0.2) is 23.5 Å². The van der Waals surface area contributed by atoms with E-state index >= 15 is 0 Å². The van der Waals surface area contributed by atoms with E-state index in [0.29, 0.717) is 0 Å². The first kappa shape index (κ1) is 21.2. The number of piperazine rings is 1. The SMILES string of the molecule is CCNC(=NCC1CCC(C)CC1)N1CCN(c2ncccn2)CC1.I. The van der Waals surface area contributed by atoms with Crippen molar-refractivity contribution < 1.29 is 0 Å². The predicted octanol–water partition coefficient (Wildman–Crippen LogP) is 3.01. The highest BCUT2D eigenvalue weighted by Crippen LogP contribution is 2.28. The lowest BCUT2D eigenvalue weighted by atomic mass is 9.83. The van der Waals surface area contributed by atoms with Gasteiger partial charge in [0.2, 0.25) is 5.95 Å². The van der Waals surface area contributed by atoms with Crippen molar-refractivity contribution in [1.82, 2.24) is 20.2 Å². The minimum absolute atomic E-state index is 0. The van der Waals surface area contributed by atoms with E-state index in [1.807, 2.05) is 18.5 Å². The van der Waals surface area contributed by atoms with Crippen molar-refractivity contribution in [2.75, 3.05) is 44.2 Å². The summed E-state index contributed by atoms with van der Waals surface area (Å²) in [6.07, 6.45) is 9.03. The molecular formula is C19H33IN6. The second-order valence-electron chi connectivity index (χ2n) is 7.34. The second-order valence-corrected chi connectivity index (χ2v) is 7.34. The van der Waals surface area contributed by atoms with Crippen molar-refractivity contribution >= 4 is 35.9 Å². The van der Waals surface area contributed by atoms with E-state index in [1.54, 1.807) is 0 Å². The Labute approximate surface area is 174 Å². The summed E-state index contributed by atoms with van der Waals surface area (Å²) in [4.78, 5) is 18.3. The fraction of sp³-hybridized carbons (Fsp3) is 0.737. The van der Waals surface area contributed by atoms with Crippen LogP contribution in [0.2, 0.25) is 0 Å². The molecule has 1 aliphatic heterocycles. The number of halogens is 1. The molecule has 1 aliphatic carbocycles. The number of hydrogen-bond donors (Lipinski definition) is 1. The summed E-state index contributed by atoms with van der Waals surface area (Å²) >= 11 is 0. The highest BCUT2D eigenvalue weighted by molar-refractivity contribution is 14.0.